The van der Waals surface area contributed by atoms with E-state index >= 15 is 0 Å². The van der Waals surface area contributed by atoms with E-state index in [-0.39, 0.29) is 6.61 Å². The second kappa shape index (κ2) is 5.44. The number of nitrogens with zero attached hydrogens (tertiary/aromatic N) is 2. The number of hydrogen-bond acceptors (Lipinski definition) is 6. The van der Waals surface area contributed by atoms with Crippen LogP contribution in [0.25, 0.3) is 0 Å². The highest BCUT2D eigenvalue weighted by atomic mass is 16.5. The number of ether oxygens (including phenoxy) is 1. The van der Waals surface area contributed by atoms with Crippen molar-refractivity contribution in [3.8, 4) is 11.6 Å². The first-order valence-electron chi connectivity index (χ1n) is 5.41. The third-order valence-electron chi connectivity index (χ3n) is 2.26. The fraction of sp³-hybridized carbons (Fsp3) is 0.167. The van der Waals surface area contributed by atoms with Gasteiger partial charge in [0.05, 0.1) is 6.61 Å². The molecule has 1 heterocycles. The van der Waals surface area contributed by atoms with Gasteiger partial charge >= 0.3 is 0 Å². The lowest BCUT2D eigenvalue weighted by Gasteiger charge is -2.08. The van der Waals surface area contributed by atoms with Crippen LogP contribution in [0.1, 0.15) is 11.3 Å². The Morgan fingerprint density at radius 2 is 2.17 bits per heavy atom. The highest BCUT2D eigenvalue weighted by Crippen LogP contribution is 2.21. The molecule has 94 valence electrons. The summed E-state index contributed by atoms with van der Waals surface area (Å²) >= 11 is 0. The summed E-state index contributed by atoms with van der Waals surface area (Å²) in [6, 6.07) is 8.84. The van der Waals surface area contributed by atoms with Crippen molar-refractivity contribution in [2.24, 2.45) is 5.84 Å². The molecule has 6 nitrogen and oxygen atoms in total. The Labute approximate surface area is 104 Å². The standard InChI is InChI=1S/C12H14N4O2/c1-8-5-11(15-12(14-8)16-13)18-10-4-2-3-9(6-10)7-17/h2-6,17H,7,13H2,1H3,(H,14,15,16). The molecule has 0 amide bonds. The molecular weight excluding hydrogens is 232 g/mol. The van der Waals surface area contributed by atoms with Gasteiger partial charge in [0.2, 0.25) is 11.8 Å². The van der Waals surface area contributed by atoms with E-state index in [1.54, 1.807) is 24.3 Å². The van der Waals surface area contributed by atoms with Gasteiger partial charge in [-0.3, -0.25) is 5.43 Å². The molecular formula is C12H14N4O2. The summed E-state index contributed by atoms with van der Waals surface area (Å²) in [4.78, 5) is 8.13. The van der Waals surface area contributed by atoms with Gasteiger partial charge in [0.25, 0.3) is 0 Å². The number of hydrazine groups is 1. The van der Waals surface area contributed by atoms with E-state index < -0.39 is 0 Å². The Morgan fingerprint density at radius 3 is 2.89 bits per heavy atom. The number of aryl methyl sites for hydroxylation is 1. The van der Waals surface area contributed by atoms with Gasteiger partial charge in [0, 0.05) is 11.8 Å². The van der Waals surface area contributed by atoms with Gasteiger partial charge in [-0.25, -0.2) is 10.8 Å². The summed E-state index contributed by atoms with van der Waals surface area (Å²) in [7, 11) is 0. The van der Waals surface area contributed by atoms with Crippen molar-refractivity contribution in [1.29, 1.82) is 0 Å². The molecule has 0 aliphatic heterocycles. The van der Waals surface area contributed by atoms with E-state index in [4.69, 9.17) is 15.7 Å². The number of nitrogens with two attached hydrogens (primary N) is 1. The normalized spacial score (nSPS) is 10.2. The Bertz CT molecular complexity index is 545. The molecule has 0 saturated carbocycles. The van der Waals surface area contributed by atoms with Gasteiger partial charge in [0.15, 0.2) is 0 Å². The molecule has 0 bridgehead atoms. The zero-order valence-electron chi connectivity index (χ0n) is 9.92. The molecule has 0 saturated heterocycles. The summed E-state index contributed by atoms with van der Waals surface area (Å²) in [5.41, 5.74) is 3.89. The van der Waals surface area contributed by atoms with E-state index in [9.17, 15) is 0 Å². The van der Waals surface area contributed by atoms with Crippen LogP contribution in [0.3, 0.4) is 0 Å². The number of hydrogen-bond donors (Lipinski definition) is 3. The number of rotatable bonds is 4. The highest BCUT2D eigenvalue weighted by molar-refractivity contribution is 5.34. The Kier molecular flexibility index (Phi) is 3.71. The minimum atomic E-state index is -0.0321. The SMILES string of the molecule is Cc1cc(Oc2cccc(CO)c2)nc(NN)n1. The number of aliphatic hydroxyl groups excluding tert-OH is 1. The maximum atomic E-state index is 9.05. The third-order valence-corrected chi connectivity index (χ3v) is 2.26. The Balaban J connectivity index is 2.24. The fourth-order valence-electron chi connectivity index (χ4n) is 1.48. The smallest absolute Gasteiger partial charge is 0.240 e. The first-order chi connectivity index (χ1) is 8.71. The van der Waals surface area contributed by atoms with E-state index in [0.717, 1.165) is 11.3 Å². The maximum absolute atomic E-state index is 9.05. The molecule has 0 spiro atoms. The quantitative estimate of drug-likeness (QED) is 0.557. The van der Waals surface area contributed by atoms with Gasteiger partial charge in [-0.1, -0.05) is 12.1 Å². The number of nitrogen functional groups attached to an aromatic ring is 1. The molecule has 18 heavy (non-hydrogen) atoms. The van der Waals surface area contributed by atoms with Gasteiger partial charge in [-0.05, 0) is 24.6 Å². The van der Waals surface area contributed by atoms with Crippen LogP contribution < -0.4 is 16.0 Å². The zero-order valence-corrected chi connectivity index (χ0v) is 9.92. The summed E-state index contributed by atoms with van der Waals surface area (Å²) in [5.74, 6) is 6.55. The van der Waals surface area contributed by atoms with Crippen LogP contribution in [0.2, 0.25) is 0 Å². The number of anilines is 1. The number of nitrogens with one attached hydrogen (secondary N) is 1. The lowest BCUT2D eigenvalue weighted by Crippen LogP contribution is -2.11. The predicted octanol–water partition coefficient (Wildman–Crippen LogP) is 1.36. The second-order valence-corrected chi connectivity index (χ2v) is 3.72. The first-order valence-corrected chi connectivity index (χ1v) is 5.41. The van der Waals surface area contributed by atoms with E-state index in [1.165, 1.54) is 0 Å². The van der Waals surface area contributed by atoms with Gasteiger partial charge in [0.1, 0.15) is 5.75 Å². The molecule has 1 aromatic carbocycles. The van der Waals surface area contributed by atoms with E-state index in [0.29, 0.717) is 17.6 Å². The topological polar surface area (TPSA) is 93.3 Å². The van der Waals surface area contributed by atoms with Crippen molar-refractivity contribution in [2.75, 3.05) is 5.43 Å². The largest absolute Gasteiger partial charge is 0.439 e. The third kappa shape index (κ3) is 2.93. The molecule has 0 radical (unpaired) electrons. The molecule has 0 aliphatic carbocycles. The van der Waals surface area contributed by atoms with E-state index in [2.05, 4.69) is 15.4 Å². The summed E-state index contributed by atoms with van der Waals surface area (Å²) in [6.07, 6.45) is 0. The van der Waals surface area contributed by atoms with Crippen molar-refractivity contribution in [3.05, 3.63) is 41.6 Å². The Hall–Kier alpha value is -2.18. The molecule has 0 unspecified atom stereocenters. The Morgan fingerprint density at radius 1 is 1.33 bits per heavy atom. The monoisotopic (exact) mass is 246 g/mol. The minimum Gasteiger partial charge on any atom is -0.439 e. The van der Waals surface area contributed by atoms with Crippen molar-refractivity contribution >= 4 is 5.95 Å². The van der Waals surface area contributed by atoms with E-state index in [1.807, 2.05) is 13.0 Å². The van der Waals surface area contributed by atoms with Crippen molar-refractivity contribution < 1.29 is 9.84 Å². The molecule has 2 aromatic rings. The maximum Gasteiger partial charge on any atom is 0.240 e. The van der Waals surface area contributed by atoms with Crippen LogP contribution in [0.15, 0.2) is 30.3 Å². The van der Waals surface area contributed by atoms with Crippen LogP contribution in [-0.2, 0) is 6.61 Å². The summed E-state index contributed by atoms with van der Waals surface area (Å²) in [5, 5.41) is 9.05. The molecule has 0 aliphatic rings. The molecule has 0 fully saturated rings. The number of benzene rings is 1. The second-order valence-electron chi connectivity index (χ2n) is 3.72. The zero-order chi connectivity index (χ0) is 13.0. The summed E-state index contributed by atoms with van der Waals surface area (Å²) in [6.45, 7) is 1.79. The first kappa shape index (κ1) is 12.3. The molecule has 4 N–H and O–H groups in total. The van der Waals surface area contributed by atoms with Crippen LogP contribution in [-0.4, -0.2) is 15.1 Å². The van der Waals surface area contributed by atoms with Crippen molar-refractivity contribution in [3.63, 3.8) is 0 Å². The van der Waals surface area contributed by atoms with Crippen LogP contribution in [0.5, 0.6) is 11.6 Å². The molecule has 1 aromatic heterocycles. The fourth-order valence-corrected chi connectivity index (χ4v) is 1.48. The van der Waals surface area contributed by atoms with Gasteiger partial charge < -0.3 is 9.84 Å². The van der Waals surface area contributed by atoms with Crippen LogP contribution in [0.4, 0.5) is 5.95 Å². The van der Waals surface area contributed by atoms with Gasteiger partial charge in [-0.2, -0.15) is 4.98 Å². The van der Waals surface area contributed by atoms with Crippen molar-refractivity contribution in [2.45, 2.75) is 13.5 Å². The highest BCUT2D eigenvalue weighted by Gasteiger charge is 2.04. The lowest BCUT2D eigenvalue weighted by atomic mass is 10.2. The minimum absolute atomic E-state index is 0.0321. The molecule has 2 rings (SSSR count). The molecule has 6 heteroatoms. The average molecular weight is 246 g/mol. The van der Waals surface area contributed by atoms with Crippen LogP contribution in [0, 0.1) is 6.92 Å². The lowest BCUT2D eigenvalue weighted by molar-refractivity contribution is 0.281. The number of aliphatic hydroxyl groups is 1. The predicted molar refractivity (Wildman–Crippen MR) is 67.0 cm³/mol. The summed E-state index contributed by atoms with van der Waals surface area (Å²) < 4.78 is 5.59. The van der Waals surface area contributed by atoms with Crippen molar-refractivity contribution in [1.82, 2.24) is 9.97 Å². The van der Waals surface area contributed by atoms with Gasteiger partial charge in [-0.15, -0.1) is 0 Å². The van der Waals surface area contributed by atoms with Crippen LogP contribution >= 0.6 is 0 Å². The average Bonchev–Trinajstić information content (AvgIpc) is 2.38. The molecule has 0 atom stereocenters. The number of aromatic nitrogens is 2.